The Bertz CT molecular complexity index is 788. The Morgan fingerprint density at radius 3 is 2.78 bits per heavy atom. The van der Waals surface area contributed by atoms with Crippen LogP contribution in [0.5, 0.6) is 11.5 Å². The first kappa shape index (κ1) is 20.3. The lowest BCUT2D eigenvalue weighted by atomic mass is 10.2. The second-order valence-electron chi connectivity index (χ2n) is 6.19. The van der Waals surface area contributed by atoms with Gasteiger partial charge in [0.05, 0.1) is 13.7 Å². The van der Waals surface area contributed by atoms with E-state index in [0.717, 1.165) is 23.4 Å². The van der Waals surface area contributed by atoms with Crippen LogP contribution in [-0.2, 0) is 11.3 Å². The number of hydrogen-bond acceptors (Lipinski definition) is 5. The van der Waals surface area contributed by atoms with E-state index in [4.69, 9.17) is 9.47 Å². The molecule has 0 fully saturated rings. The monoisotopic (exact) mass is 369 g/mol. The third-order valence-corrected chi connectivity index (χ3v) is 3.82. The van der Waals surface area contributed by atoms with Gasteiger partial charge < -0.3 is 19.7 Å². The molecule has 0 aliphatic rings. The Hall–Kier alpha value is -3.02. The van der Waals surface area contributed by atoms with Crippen molar-refractivity contribution in [2.45, 2.75) is 19.9 Å². The maximum Gasteiger partial charge on any atom is 0.244 e. The molecule has 1 N–H and O–H groups in total. The Labute approximate surface area is 160 Å². The van der Waals surface area contributed by atoms with Crippen molar-refractivity contribution in [3.05, 3.63) is 53.7 Å². The van der Waals surface area contributed by atoms with Crippen LogP contribution in [0.25, 0.3) is 6.08 Å². The normalized spacial score (nSPS) is 10.7. The lowest BCUT2D eigenvalue weighted by Gasteiger charge is -2.15. The second kappa shape index (κ2) is 10.2. The van der Waals surface area contributed by atoms with Gasteiger partial charge in [0.25, 0.3) is 0 Å². The van der Waals surface area contributed by atoms with Crippen LogP contribution in [0.4, 0.5) is 5.82 Å². The smallest absolute Gasteiger partial charge is 0.244 e. The fourth-order valence-electron chi connectivity index (χ4n) is 2.50. The lowest BCUT2D eigenvalue weighted by molar-refractivity contribution is -0.116. The summed E-state index contributed by atoms with van der Waals surface area (Å²) in [5.74, 6) is 2.02. The lowest BCUT2D eigenvalue weighted by Crippen LogP contribution is -2.22. The maximum absolute atomic E-state index is 12.1. The quantitative estimate of drug-likeness (QED) is 0.687. The van der Waals surface area contributed by atoms with Crippen molar-refractivity contribution in [1.29, 1.82) is 0 Å². The largest absolute Gasteiger partial charge is 0.493 e. The third-order valence-electron chi connectivity index (χ3n) is 3.82. The van der Waals surface area contributed by atoms with Crippen LogP contribution in [0.2, 0.25) is 0 Å². The van der Waals surface area contributed by atoms with Crippen LogP contribution in [0.3, 0.4) is 0 Å². The van der Waals surface area contributed by atoms with Gasteiger partial charge in [0.2, 0.25) is 5.91 Å². The molecule has 0 bridgehead atoms. The van der Waals surface area contributed by atoms with Crippen molar-refractivity contribution in [1.82, 2.24) is 10.3 Å². The van der Waals surface area contributed by atoms with E-state index in [1.54, 1.807) is 19.4 Å². The van der Waals surface area contributed by atoms with E-state index in [1.807, 2.05) is 49.3 Å². The van der Waals surface area contributed by atoms with E-state index in [1.165, 1.54) is 6.08 Å². The number of nitrogens with one attached hydrogen (secondary N) is 1. The van der Waals surface area contributed by atoms with E-state index in [-0.39, 0.29) is 5.91 Å². The molecule has 0 aliphatic heterocycles. The maximum atomic E-state index is 12.1. The Kier molecular flexibility index (Phi) is 7.67. The summed E-state index contributed by atoms with van der Waals surface area (Å²) in [6, 6.07) is 9.40. The molecule has 0 aliphatic carbocycles. The van der Waals surface area contributed by atoms with E-state index in [0.29, 0.717) is 24.7 Å². The summed E-state index contributed by atoms with van der Waals surface area (Å²) in [5, 5.41) is 2.88. The van der Waals surface area contributed by atoms with E-state index in [9.17, 15) is 4.79 Å². The van der Waals surface area contributed by atoms with E-state index < -0.39 is 0 Å². The first-order valence-electron chi connectivity index (χ1n) is 8.93. The molecule has 1 aromatic carbocycles. The molecular formula is C21H27N3O3. The summed E-state index contributed by atoms with van der Waals surface area (Å²) in [6.45, 7) is 3.10. The average molecular weight is 369 g/mol. The molecule has 144 valence electrons. The number of benzene rings is 1. The average Bonchev–Trinajstić information content (AvgIpc) is 2.69. The summed E-state index contributed by atoms with van der Waals surface area (Å²) in [4.78, 5) is 18.4. The van der Waals surface area contributed by atoms with Crippen LogP contribution in [0.1, 0.15) is 24.5 Å². The molecule has 27 heavy (non-hydrogen) atoms. The van der Waals surface area contributed by atoms with Crippen molar-refractivity contribution < 1.29 is 14.3 Å². The zero-order valence-electron chi connectivity index (χ0n) is 16.4. The molecule has 0 unspecified atom stereocenters. The highest BCUT2D eigenvalue weighted by molar-refractivity contribution is 5.91. The number of carbonyl (C=O) groups excluding carboxylic acids is 1. The molecule has 2 rings (SSSR count). The van der Waals surface area contributed by atoms with Crippen LogP contribution >= 0.6 is 0 Å². The molecular weight excluding hydrogens is 342 g/mol. The molecule has 6 heteroatoms. The third kappa shape index (κ3) is 6.02. The van der Waals surface area contributed by atoms with E-state index >= 15 is 0 Å². The molecule has 1 heterocycles. The first-order valence-corrected chi connectivity index (χ1v) is 8.93. The van der Waals surface area contributed by atoms with Crippen molar-refractivity contribution >= 4 is 17.8 Å². The van der Waals surface area contributed by atoms with Crippen molar-refractivity contribution in [3.63, 3.8) is 0 Å². The van der Waals surface area contributed by atoms with Gasteiger partial charge in [-0.1, -0.05) is 19.1 Å². The molecule has 1 aromatic heterocycles. The summed E-state index contributed by atoms with van der Waals surface area (Å²) in [5.41, 5.74) is 1.82. The summed E-state index contributed by atoms with van der Waals surface area (Å²) >= 11 is 0. The number of hydrogen-bond donors (Lipinski definition) is 1. The Morgan fingerprint density at radius 1 is 1.26 bits per heavy atom. The van der Waals surface area contributed by atoms with Crippen LogP contribution in [-0.4, -0.2) is 38.7 Å². The second-order valence-corrected chi connectivity index (χ2v) is 6.19. The van der Waals surface area contributed by atoms with Gasteiger partial charge in [-0.3, -0.25) is 4.79 Å². The molecule has 1 amide bonds. The topological polar surface area (TPSA) is 63.7 Å². The summed E-state index contributed by atoms with van der Waals surface area (Å²) in [6.07, 6.45) is 5.92. The number of ether oxygens (including phenoxy) is 2. The Balaban J connectivity index is 1.98. The van der Waals surface area contributed by atoms with Gasteiger partial charge in [-0.25, -0.2) is 4.98 Å². The number of nitrogens with zero attached hydrogens (tertiary/aromatic N) is 2. The molecule has 0 spiro atoms. The van der Waals surface area contributed by atoms with Crippen molar-refractivity contribution in [2.75, 3.05) is 32.7 Å². The summed E-state index contributed by atoms with van der Waals surface area (Å²) in [7, 11) is 5.45. The molecule has 0 radical (unpaired) electrons. The summed E-state index contributed by atoms with van der Waals surface area (Å²) < 4.78 is 11.0. The molecule has 2 aromatic rings. The highest BCUT2D eigenvalue weighted by atomic mass is 16.5. The number of carbonyl (C=O) groups is 1. The standard InChI is InChI=1S/C21H27N3O3/c1-5-13-27-18-10-8-16(14-19(18)26-4)9-11-20(25)23-15-17-7-6-12-22-21(17)24(2)3/h6-12,14H,5,13,15H2,1-4H3,(H,23,25). The number of pyridine rings is 1. The van der Waals surface area contributed by atoms with Gasteiger partial charge in [-0.2, -0.15) is 0 Å². The van der Waals surface area contributed by atoms with Gasteiger partial charge in [-0.15, -0.1) is 0 Å². The van der Waals surface area contributed by atoms with E-state index in [2.05, 4.69) is 17.2 Å². The van der Waals surface area contributed by atoms with Gasteiger partial charge >= 0.3 is 0 Å². The highest BCUT2D eigenvalue weighted by Gasteiger charge is 2.07. The Morgan fingerprint density at radius 2 is 2.07 bits per heavy atom. The van der Waals surface area contributed by atoms with Crippen molar-refractivity contribution in [3.8, 4) is 11.5 Å². The SMILES string of the molecule is CCCOc1ccc(C=CC(=O)NCc2cccnc2N(C)C)cc1OC. The van der Waals surface area contributed by atoms with Gasteiger partial charge in [0.15, 0.2) is 11.5 Å². The molecule has 0 atom stereocenters. The fraction of sp³-hybridized carbons (Fsp3) is 0.333. The molecule has 6 nitrogen and oxygen atoms in total. The number of rotatable bonds is 9. The van der Waals surface area contributed by atoms with Crippen LogP contribution in [0.15, 0.2) is 42.6 Å². The zero-order chi connectivity index (χ0) is 19.6. The highest BCUT2D eigenvalue weighted by Crippen LogP contribution is 2.28. The van der Waals surface area contributed by atoms with Crippen molar-refractivity contribution in [2.24, 2.45) is 0 Å². The predicted molar refractivity (Wildman–Crippen MR) is 108 cm³/mol. The fourth-order valence-corrected chi connectivity index (χ4v) is 2.50. The van der Waals surface area contributed by atoms with Crippen LogP contribution in [0, 0.1) is 0 Å². The number of anilines is 1. The van der Waals surface area contributed by atoms with Gasteiger partial charge in [-0.05, 0) is 36.3 Å². The van der Waals surface area contributed by atoms with Gasteiger partial charge in [0.1, 0.15) is 5.82 Å². The zero-order valence-corrected chi connectivity index (χ0v) is 16.4. The number of methoxy groups -OCH3 is 1. The number of aromatic nitrogens is 1. The van der Waals surface area contributed by atoms with Crippen LogP contribution < -0.4 is 19.7 Å². The minimum Gasteiger partial charge on any atom is -0.493 e. The minimum atomic E-state index is -0.172. The molecule has 0 saturated carbocycles. The minimum absolute atomic E-state index is 0.172. The molecule has 0 saturated heterocycles. The number of amides is 1. The first-order chi connectivity index (χ1) is 13.0. The van der Waals surface area contributed by atoms with Gasteiger partial charge in [0, 0.05) is 38.5 Å². The predicted octanol–water partition coefficient (Wildman–Crippen LogP) is 3.27.